The number of methoxy groups -OCH3 is 2. The van der Waals surface area contributed by atoms with Crippen LogP contribution in [0.15, 0.2) is 52.4 Å². The van der Waals surface area contributed by atoms with Crippen LogP contribution in [0.3, 0.4) is 0 Å². The Morgan fingerprint density at radius 1 is 1.05 bits per heavy atom. The topological polar surface area (TPSA) is 96.7 Å². The zero-order chi connectivity index (χ0) is 27.4. The maximum atomic E-state index is 13.9. The van der Waals surface area contributed by atoms with Gasteiger partial charge in [-0.3, -0.25) is 14.2 Å². The van der Waals surface area contributed by atoms with Gasteiger partial charge in [0.25, 0.3) is 5.56 Å². The highest BCUT2D eigenvalue weighted by Crippen LogP contribution is 2.33. The van der Waals surface area contributed by atoms with Crippen LogP contribution >= 0.6 is 23.1 Å². The Morgan fingerprint density at radius 2 is 1.76 bits per heavy atom. The summed E-state index contributed by atoms with van der Waals surface area (Å²) in [5.74, 6) is 1.18. The van der Waals surface area contributed by atoms with Gasteiger partial charge in [0, 0.05) is 22.4 Å². The number of hydrogen-bond acceptors (Lipinski definition) is 9. The second kappa shape index (κ2) is 11.8. The fourth-order valence-electron chi connectivity index (χ4n) is 4.10. The van der Waals surface area contributed by atoms with Gasteiger partial charge in [-0.25, -0.2) is 9.78 Å². The second-order valence-electron chi connectivity index (χ2n) is 8.43. The SMILES string of the molecule is CCOC(=O)c1sc2nc(SCc3cc(C(C)=O)ccc3OC)n(Cc3ccccc3OC)c(=O)c2c1C. The van der Waals surface area contributed by atoms with Gasteiger partial charge in [0.1, 0.15) is 21.2 Å². The quantitative estimate of drug-likeness (QED) is 0.110. The minimum atomic E-state index is -0.469. The summed E-state index contributed by atoms with van der Waals surface area (Å²) < 4.78 is 17.8. The zero-order valence-corrected chi connectivity index (χ0v) is 23.5. The molecule has 0 N–H and O–H groups in total. The van der Waals surface area contributed by atoms with E-state index in [1.807, 2.05) is 24.3 Å². The number of para-hydroxylation sites is 1. The first-order chi connectivity index (χ1) is 18.3. The van der Waals surface area contributed by atoms with Crippen LogP contribution in [0.5, 0.6) is 11.5 Å². The summed E-state index contributed by atoms with van der Waals surface area (Å²) in [6, 6.07) is 12.8. The van der Waals surface area contributed by atoms with E-state index in [2.05, 4.69) is 0 Å². The first-order valence-corrected chi connectivity index (χ1v) is 13.7. The van der Waals surface area contributed by atoms with Gasteiger partial charge in [-0.2, -0.15) is 0 Å². The van der Waals surface area contributed by atoms with Crippen LogP contribution in [-0.4, -0.2) is 42.1 Å². The number of Topliss-reactive ketones (excluding diaryl/α,β-unsaturated/α-hetero) is 1. The molecule has 0 saturated heterocycles. The molecule has 0 spiro atoms. The third-order valence-electron chi connectivity index (χ3n) is 6.04. The van der Waals surface area contributed by atoms with Crippen molar-refractivity contribution in [2.75, 3.05) is 20.8 Å². The van der Waals surface area contributed by atoms with Crippen molar-refractivity contribution in [3.05, 3.63) is 79.9 Å². The van der Waals surface area contributed by atoms with E-state index in [1.165, 1.54) is 18.7 Å². The van der Waals surface area contributed by atoms with E-state index in [0.29, 0.717) is 48.6 Å². The molecule has 0 aliphatic rings. The van der Waals surface area contributed by atoms with E-state index < -0.39 is 5.97 Å². The van der Waals surface area contributed by atoms with Crippen molar-refractivity contribution in [3.63, 3.8) is 0 Å². The van der Waals surface area contributed by atoms with Crippen molar-refractivity contribution < 1.29 is 23.8 Å². The number of carbonyl (C=O) groups excluding carboxylic acids is 2. The van der Waals surface area contributed by atoms with Gasteiger partial charge in [-0.15, -0.1) is 11.3 Å². The maximum absolute atomic E-state index is 13.9. The van der Waals surface area contributed by atoms with Crippen molar-refractivity contribution in [2.45, 2.75) is 38.2 Å². The molecule has 2 heterocycles. The van der Waals surface area contributed by atoms with E-state index in [-0.39, 0.29) is 24.5 Å². The number of ether oxygens (including phenoxy) is 3. The number of rotatable bonds is 10. The standard InChI is InChI=1S/C28H28N2O6S2/c1-6-36-27(33)24-16(2)23-25(38-24)29-28(30(26(23)32)14-19-9-7-8-10-21(19)34-4)37-15-20-13-18(17(3)31)11-12-22(20)35-5/h7-13H,6,14-15H2,1-5H3. The summed E-state index contributed by atoms with van der Waals surface area (Å²) in [5, 5.41) is 0.869. The molecule has 38 heavy (non-hydrogen) atoms. The van der Waals surface area contributed by atoms with Crippen molar-refractivity contribution in [1.29, 1.82) is 0 Å². The van der Waals surface area contributed by atoms with Crippen LogP contribution in [0.25, 0.3) is 10.2 Å². The summed E-state index contributed by atoms with van der Waals surface area (Å²) in [5.41, 5.74) is 2.50. The number of aryl methyl sites for hydroxylation is 1. The van der Waals surface area contributed by atoms with Crippen LogP contribution in [-0.2, 0) is 17.0 Å². The molecule has 8 nitrogen and oxygen atoms in total. The van der Waals surface area contributed by atoms with Crippen LogP contribution in [0.1, 0.15) is 50.6 Å². The minimum Gasteiger partial charge on any atom is -0.496 e. The van der Waals surface area contributed by atoms with E-state index >= 15 is 0 Å². The lowest BCUT2D eigenvalue weighted by molar-refractivity contribution is 0.0531. The number of ketones is 1. The Hall–Kier alpha value is -3.63. The number of esters is 1. The van der Waals surface area contributed by atoms with Gasteiger partial charge in [-0.1, -0.05) is 30.0 Å². The van der Waals surface area contributed by atoms with E-state index in [4.69, 9.17) is 19.2 Å². The van der Waals surface area contributed by atoms with E-state index in [1.54, 1.807) is 50.8 Å². The van der Waals surface area contributed by atoms with Gasteiger partial charge in [0.15, 0.2) is 10.9 Å². The van der Waals surface area contributed by atoms with Gasteiger partial charge in [0.2, 0.25) is 0 Å². The molecule has 4 rings (SSSR count). The van der Waals surface area contributed by atoms with Crippen LogP contribution in [0.2, 0.25) is 0 Å². The molecule has 0 amide bonds. The van der Waals surface area contributed by atoms with Crippen LogP contribution in [0.4, 0.5) is 0 Å². The monoisotopic (exact) mass is 552 g/mol. The minimum absolute atomic E-state index is 0.0490. The molecule has 0 bridgehead atoms. The van der Waals surface area contributed by atoms with Crippen LogP contribution in [0, 0.1) is 6.92 Å². The fraction of sp³-hybridized carbons (Fsp3) is 0.286. The molecular formula is C28H28N2O6S2. The fourth-order valence-corrected chi connectivity index (χ4v) is 6.19. The lowest BCUT2D eigenvalue weighted by Gasteiger charge is -2.15. The highest BCUT2D eigenvalue weighted by atomic mass is 32.2. The maximum Gasteiger partial charge on any atom is 0.348 e. The average molecular weight is 553 g/mol. The number of thiophene rings is 1. The van der Waals surface area contributed by atoms with Crippen molar-refractivity contribution in [1.82, 2.24) is 9.55 Å². The Balaban J connectivity index is 1.84. The third kappa shape index (κ3) is 5.46. The molecule has 4 aromatic rings. The molecule has 0 fully saturated rings. The van der Waals surface area contributed by atoms with E-state index in [9.17, 15) is 14.4 Å². The molecular weight excluding hydrogens is 524 g/mol. The summed E-state index contributed by atoms with van der Waals surface area (Å²) in [4.78, 5) is 44.1. The van der Waals surface area contributed by atoms with Crippen molar-refractivity contribution in [3.8, 4) is 11.5 Å². The Bertz CT molecular complexity index is 1570. The number of benzene rings is 2. The Morgan fingerprint density at radius 3 is 2.45 bits per heavy atom. The molecule has 0 saturated carbocycles. The predicted molar refractivity (Wildman–Crippen MR) is 149 cm³/mol. The Kier molecular flexibility index (Phi) is 8.53. The molecule has 2 aromatic heterocycles. The highest BCUT2D eigenvalue weighted by molar-refractivity contribution is 7.98. The molecule has 0 unspecified atom stereocenters. The van der Waals surface area contributed by atoms with Gasteiger partial charge in [0.05, 0.1) is 32.8 Å². The molecule has 10 heteroatoms. The van der Waals surface area contributed by atoms with Gasteiger partial charge >= 0.3 is 5.97 Å². The van der Waals surface area contributed by atoms with Gasteiger partial charge < -0.3 is 14.2 Å². The van der Waals surface area contributed by atoms with Crippen molar-refractivity contribution >= 4 is 45.1 Å². The highest BCUT2D eigenvalue weighted by Gasteiger charge is 2.23. The number of nitrogens with zero attached hydrogens (tertiary/aromatic N) is 2. The molecule has 0 radical (unpaired) electrons. The zero-order valence-electron chi connectivity index (χ0n) is 21.8. The summed E-state index contributed by atoms with van der Waals surface area (Å²) in [6.07, 6.45) is 0. The molecule has 0 aliphatic heterocycles. The molecule has 2 aromatic carbocycles. The first-order valence-electron chi connectivity index (χ1n) is 11.9. The first kappa shape index (κ1) is 27.4. The smallest absolute Gasteiger partial charge is 0.348 e. The predicted octanol–water partition coefficient (Wildman–Crippen LogP) is 5.50. The summed E-state index contributed by atoms with van der Waals surface area (Å²) in [6.45, 7) is 5.46. The molecule has 0 aliphatic carbocycles. The average Bonchev–Trinajstić information content (AvgIpc) is 3.25. The van der Waals surface area contributed by atoms with E-state index in [0.717, 1.165) is 22.5 Å². The number of fused-ring (bicyclic) bond motifs is 1. The number of thioether (sulfide) groups is 1. The molecule has 198 valence electrons. The largest absolute Gasteiger partial charge is 0.496 e. The molecule has 0 atom stereocenters. The lowest BCUT2D eigenvalue weighted by atomic mass is 10.1. The second-order valence-corrected chi connectivity index (χ2v) is 10.4. The van der Waals surface area contributed by atoms with Gasteiger partial charge in [-0.05, 0) is 50.6 Å². The number of hydrogen-bond donors (Lipinski definition) is 0. The summed E-state index contributed by atoms with van der Waals surface area (Å²) in [7, 11) is 3.16. The third-order valence-corrected chi connectivity index (χ3v) is 8.23. The normalized spacial score (nSPS) is 11.0. The van der Waals surface area contributed by atoms with Crippen LogP contribution < -0.4 is 15.0 Å². The Labute approximate surface area is 228 Å². The number of carbonyl (C=O) groups is 2. The summed E-state index contributed by atoms with van der Waals surface area (Å²) >= 11 is 2.51. The van der Waals surface area contributed by atoms with Crippen molar-refractivity contribution in [2.24, 2.45) is 0 Å². The lowest BCUT2D eigenvalue weighted by Crippen LogP contribution is -2.24. The number of aromatic nitrogens is 2.